The maximum Gasteiger partial charge on any atom is 0.403 e. The molecule has 1 saturated heterocycles. The van der Waals surface area contributed by atoms with Crippen molar-refractivity contribution in [1.29, 1.82) is 0 Å². The van der Waals surface area contributed by atoms with Gasteiger partial charge in [-0.25, -0.2) is 24.6 Å². The molecule has 3 aliphatic heterocycles. The summed E-state index contributed by atoms with van der Waals surface area (Å²) in [5, 5.41) is 26.7. The molecule has 1 fully saturated rings. The van der Waals surface area contributed by atoms with Gasteiger partial charge in [-0.3, -0.25) is 32.1 Å². The van der Waals surface area contributed by atoms with Gasteiger partial charge >= 0.3 is 7.75 Å². The minimum atomic E-state index is -4.69. The summed E-state index contributed by atoms with van der Waals surface area (Å²) in [5.41, 5.74) is 7.81. The Hall–Kier alpha value is -5.16. The summed E-state index contributed by atoms with van der Waals surface area (Å²) >= 11 is 0. The quantitative estimate of drug-likeness (QED) is 0.0147. The first-order chi connectivity index (χ1) is 39.2. The number of fused-ring (bicyclic) bond motifs is 3. The lowest BCUT2D eigenvalue weighted by Gasteiger charge is -2.30. The molecule has 6 atom stereocenters. The molecule has 0 radical (unpaired) electrons. The van der Waals surface area contributed by atoms with E-state index in [2.05, 4.69) is 25.4 Å². The number of anilines is 2. The van der Waals surface area contributed by atoms with Crippen molar-refractivity contribution in [3.05, 3.63) is 84.1 Å². The molecule has 2 unspecified atom stereocenters. The topological polar surface area (TPSA) is 431 Å². The molecule has 84 heavy (non-hydrogen) atoms. The number of aliphatic hydroxyl groups excluding tert-OH is 2. The zero-order valence-corrected chi connectivity index (χ0v) is 50.6. The number of rotatable bonds is 31. The molecule has 33 heteroatoms. The molecule has 0 bridgehead atoms. The number of hydrogen-bond donors (Lipinski definition) is 10. The Kier molecular flexibility index (Phi) is 21.2. The standard InChI is InChI=1S/C51H72N9O19PS4/c1-50(2)36-29-34(83(72,73)74)18-20-38(36)58(26-14-28-82(69,70)71)41(50)15-13-16-42-51(3,22-8-12-27-81(66,67)68)37-30-35(84(75,76)77)19-21-39(37)59(42)25-11-6-7-17-43(61)53-23-9-4-5-10-24-57-80(64,65)78-31-40-45(62)46(63)49(79-40)60-33-56-44-47(52)54-32-55-48(44)60/h13,15-16,18-21,29-30,32-33,40,45-46,49,62-63H,4-12,14,17,22-28,31H2,1-3H3,(H8-,52,53,54,55,57,61,64,65,66,67,68,69,70,71,72,73,74,75,76,77)/p+1/t40-,45-,46-,49-,51?/m1/s1. The number of amides is 1. The molecular weight excluding hydrogens is 1200 g/mol. The van der Waals surface area contributed by atoms with Crippen molar-refractivity contribution in [2.45, 2.75) is 143 Å². The summed E-state index contributed by atoms with van der Waals surface area (Å²) in [6, 6.07) is 8.27. The van der Waals surface area contributed by atoms with Gasteiger partial charge in [0, 0.05) is 67.0 Å². The lowest BCUT2D eigenvalue weighted by Crippen LogP contribution is -2.34. The molecule has 4 aromatic rings. The van der Waals surface area contributed by atoms with Crippen LogP contribution in [0.15, 0.2) is 82.8 Å². The SMILES string of the molecule is CC1(C)C(C=CC=C2N(CCCCCC(=O)NCCCCCCNP(=O)(O)OC[C@H]3O[C@@H](n4cnc5c(N)ncnc54)[C@H](O)[C@@H]3O)c3ccc(S(=O)(=O)O)cc3C2(C)CCCCS(=O)(=O)O)=[N+](CCCS(=O)(=O)O)c2ccc(S(=O)(=O)O)cc21. The van der Waals surface area contributed by atoms with E-state index in [0.717, 1.165) is 0 Å². The van der Waals surface area contributed by atoms with Gasteiger partial charge in [-0.15, -0.1) is 0 Å². The van der Waals surface area contributed by atoms with Crippen LogP contribution >= 0.6 is 7.75 Å². The molecular formula is C51H73N9O19PS4+. The van der Waals surface area contributed by atoms with Gasteiger partial charge in [-0.1, -0.05) is 31.8 Å². The fourth-order valence-corrected chi connectivity index (χ4v) is 13.9. The van der Waals surface area contributed by atoms with Crippen molar-refractivity contribution in [3.63, 3.8) is 0 Å². The summed E-state index contributed by atoms with van der Waals surface area (Å²) < 4.78 is 162. The minimum absolute atomic E-state index is 0.0172. The van der Waals surface area contributed by atoms with Crippen molar-refractivity contribution < 1.29 is 90.2 Å². The summed E-state index contributed by atoms with van der Waals surface area (Å²) in [6.45, 7) is 5.93. The fourth-order valence-electron chi connectivity index (χ4n) is 10.9. The predicted molar refractivity (Wildman–Crippen MR) is 308 cm³/mol. The number of benzene rings is 2. The molecule has 11 N–H and O–H groups in total. The lowest BCUT2D eigenvalue weighted by atomic mass is 9.77. The van der Waals surface area contributed by atoms with Crippen molar-refractivity contribution >= 4 is 88.2 Å². The Labute approximate surface area is 487 Å². The predicted octanol–water partition coefficient (Wildman–Crippen LogP) is 4.10. The highest BCUT2D eigenvalue weighted by atomic mass is 32.2. The molecule has 0 saturated carbocycles. The zero-order valence-electron chi connectivity index (χ0n) is 46.5. The molecule has 2 aromatic heterocycles. The number of allylic oxidation sites excluding steroid dienone is 4. The second-order valence-electron chi connectivity index (χ2n) is 21.7. The third-order valence-electron chi connectivity index (χ3n) is 15.2. The molecule has 464 valence electrons. The van der Waals surface area contributed by atoms with Gasteiger partial charge in [-0.05, 0) is 101 Å². The van der Waals surface area contributed by atoms with Gasteiger partial charge in [0.15, 0.2) is 23.4 Å². The van der Waals surface area contributed by atoms with Gasteiger partial charge in [0.2, 0.25) is 11.6 Å². The Morgan fingerprint density at radius 2 is 1.45 bits per heavy atom. The molecule has 0 aliphatic carbocycles. The molecule has 3 aliphatic rings. The lowest BCUT2D eigenvalue weighted by molar-refractivity contribution is -0.437. The van der Waals surface area contributed by atoms with Gasteiger partial charge < -0.3 is 35.8 Å². The molecule has 7 rings (SSSR count). The Morgan fingerprint density at radius 1 is 0.810 bits per heavy atom. The van der Waals surface area contributed by atoms with Crippen molar-refractivity contribution in [2.24, 2.45) is 0 Å². The van der Waals surface area contributed by atoms with Crippen LogP contribution in [0.1, 0.15) is 115 Å². The van der Waals surface area contributed by atoms with Crippen LogP contribution in [-0.2, 0) is 69.9 Å². The molecule has 0 spiro atoms. The highest BCUT2D eigenvalue weighted by molar-refractivity contribution is 7.86. The van der Waals surface area contributed by atoms with Crippen LogP contribution < -0.4 is 21.0 Å². The van der Waals surface area contributed by atoms with Gasteiger partial charge in [0.1, 0.15) is 36.7 Å². The highest BCUT2D eigenvalue weighted by Gasteiger charge is 2.48. The van der Waals surface area contributed by atoms with Gasteiger partial charge in [-0.2, -0.15) is 38.2 Å². The average molecular weight is 1280 g/mol. The number of nitrogen functional groups attached to an aromatic ring is 1. The number of nitrogens with one attached hydrogen (secondary N) is 2. The summed E-state index contributed by atoms with van der Waals surface area (Å²) in [4.78, 5) is 36.7. The van der Waals surface area contributed by atoms with E-state index in [-0.39, 0.29) is 77.9 Å². The number of unbranched alkanes of at least 4 members (excludes halogenated alkanes) is 6. The van der Waals surface area contributed by atoms with E-state index in [1.807, 2.05) is 25.7 Å². The normalized spacial score (nSPS) is 22.1. The van der Waals surface area contributed by atoms with Crippen molar-refractivity contribution in [1.82, 2.24) is 29.9 Å². The average Bonchev–Trinajstić information content (AvgIpc) is 3.07. The van der Waals surface area contributed by atoms with Crippen LogP contribution in [0.3, 0.4) is 0 Å². The molecule has 2 aromatic carbocycles. The van der Waals surface area contributed by atoms with Gasteiger partial charge in [0.25, 0.3) is 40.5 Å². The Balaban J connectivity index is 0.937. The molecule has 1 amide bonds. The third kappa shape index (κ3) is 16.5. The van der Waals surface area contributed by atoms with E-state index in [0.29, 0.717) is 91.9 Å². The van der Waals surface area contributed by atoms with E-state index in [9.17, 15) is 76.3 Å². The van der Waals surface area contributed by atoms with Crippen molar-refractivity contribution in [2.75, 3.05) is 54.9 Å². The minimum Gasteiger partial charge on any atom is -0.387 e. The number of carbonyl (C=O) groups excluding carboxylic acids is 1. The smallest absolute Gasteiger partial charge is 0.387 e. The molecule has 5 heterocycles. The number of nitrogens with zero attached hydrogens (tertiary/aromatic N) is 6. The number of ether oxygens (including phenoxy) is 1. The summed E-state index contributed by atoms with van der Waals surface area (Å²) in [5.74, 6) is -1.14. The van der Waals surface area contributed by atoms with Gasteiger partial charge in [0.05, 0.1) is 39.6 Å². The maximum atomic E-state index is 12.9. The van der Waals surface area contributed by atoms with Crippen LogP contribution in [-0.4, -0.2) is 165 Å². The number of hydrogen-bond acceptors (Lipinski definition) is 19. The van der Waals surface area contributed by atoms with E-state index in [1.54, 1.807) is 28.9 Å². The summed E-state index contributed by atoms with van der Waals surface area (Å²) in [7, 11) is -22.3. The fraction of sp³-hybridized carbons (Fsp3) is 0.549. The second-order valence-corrected chi connectivity index (χ2v) is 29.3. The zero-order chi connectivity index (χ0) is 61.6. The van der Waals surface area contributed by atoms with E-state index in [4.69, 9.17) is 15.0 Å². The van der Waals surface area contributed by atoms with Crippen LogP contribution in [0.2, 0.25) is 0 Å². The first-order valence-electron chi connectivity index (χ1n) is 27.1. The van der Waals surface area contributed by atoms with E-state index >= 15 is 0 Å². The van der Waals surface area contributed by atoms with Crippen LogP contribution in [0, 0.1) is 0 Å². The largest absolute Gasteiger partial charge is 0.403 e. The second kappa shape index (κ2) is 26.8. The Bertz CT molecular complexity index is 3690. The van der Waals surface area contributed by atoms with Crippen LogP contribution in [0.25, 0.3) is 11.2 Å². The Morgan fingerprint density at radius 3 is 2.13 bits per heavy atom. The maximum absolute atomic E-state index is 12.9. The number of imidazole rings is 1. The van der Waals surface area contributed by atoms with Crippen LogP contribution in [0.4, 0.5) is 17.2 Å². The third-order valence-corrected chi connectivity index (χ3v) is 19.7. The number of carbonyl (C=O) groups is 1. The molecule has 28 nitrogen and oxygen atoms in total. The monoisotopic (exact) mass is 1270 g/mol. The first-order valence-corrected chi connectivity index (χ1v) is 34.8. The van der Waals surface area contributed by atoms with E-state index < -0.39 is 102 Å². The number of aliphatic hydroxyl groups is 2. The first kappa shape index (κ1) is 66.4. The van der Waals surface area contributed by atoms with Crippen molar-refractivity contribution in [3.8, 4) is 0 Å². The highest BCUT2D eigenvalue weighted by Crippen LogP contribution is 2.52. The summed E-state index contributed by atoms with van der Waals surface area (Å²) in [6.07, 6.45) is 7.52. The van der Waals surface area contributed by atoms with E-state index in [1.165, 1.54) is 47.6 Å². The number of nitrogens with two attached hydrogens (primary N) is 1. The number of aromatic nitrogens is 4. The van der Waals surface area contributed by atoms with Crippen LogP contribution in [0.5, 0.6) is 0 Å².